The monoisotopic (exact) mass is 173 g/mol. The van der Waals surface area contributed by atoms with Crippen LogP contribution in [-0.4, -0.2) is 25.7 Å². The van der Waals surface area contributed by atoms with Crippen molar-refractivity contribution in [3.63, 3.8) is 0 Å². The lowest BCUT2D eigenvalue weighted by atomic mass is 10.6. The lowest BCUT2D eigenvalue weighted by molar-refractivity contribution is 0.807. The van der Waals surface area contributed by atoms with E-state index in [4.69, 9.17) is 18.1 Å². The van der Waals surface area contributed by atoms with Crippen molar-refractivity contribution >= 4 is 17.3 Å². The predicted molar refractivity (Wildman–Crippen MR) is 40.9 cm³/mol. The summed E-state index contributed by atoms with van der Waals surface area (Å²) in [5, 5.41) is 16.1. The largest absolute Gasteiger partial charge is 0.354 e. The van der Waals surface area contributed by atoms with Gasteiger partial charge in [-0.3, -0.25) is 0 Å². The number of thiocarbonyl (C=S) groups is 1. The molecule has 8 heteroatoms. The fourth-order valence-corrected chi connectivity index (χ4v) is 0.540. The van der Waals surface area contributed by atoms with Crippen LogP contribution in [0.3, 0.4) is 0 Å². The molecule has 0 aliphatic rings. The Balaban J connectivity index is 2.29. The number of nitrogens with one attached hydrogen (secondary N) is 3. The number of hydrogen-bond acceptors (Lipinski definition) is 5. The molecule has 0 atom stereocenters. The van der Waals surface area contributed by atoms with E-state index in [1.807, 2.05) is 0 Å². The van der Waals surface area contributed by atoms with Crippen LogP contribution in [0.25, 0.3) is 0 Å². The zero-order chi connectivity index (χ0) is 8.10. The molecule has 0 bridgehead atoms. The number of nitrogens with zero attached hydrogens (tertiary/aromatic N) is 3. The molecule has 0 unspecified atom stereocenters. The molecule has 1 rings (SSSR count). The van der Waals surface area contributed by atoms with Crippen molar-refractivity contribution < 1.29 is 0 Å². The van der Waals surface area contributed by atoms with Gasteiger partial charge in [0.25, 0.3) is 0 Å². The normalized spacial score (nSPS) is 9.18. The Morgan fingerprint density at radius 1 is 1.73 bits per heavy atom. The first-order valence-corrected chi connectivity index (χ1v) is 3.20. The first kappa shape index (κ1) is 7.82. The van der Waals surface area contributed by atoms with Gasteiger partial charge in [0.1, 0.15) is 0 Å². The van der Waals surface area contributed by atoms with Crippen LogP contribution in [0, 0.1) is 0 Å². The second-order valence-electron chi connectivity index (χ2n) is 1.66. The van der Waals surface area contributed by atoms with Gasteiger partial charge in [0.05, 0.1) is 6.54 Å². The summed E-state index contributed by atoms with van der Waals surface area (Å²) in [4.78, 5) is 0. The maximum atomic E-state index is 4.99. The fourth-order valence-electron chi connectivity index (χ4n) is 0.468. The molecule has 11 heavy (non-hydrogen) atoms. The summed E-state index contributed by atoms with van der Waals surface area (Å²) < 4.78 is 0. The Bertz CT molecular complexity index is 218. The van der Waals surface area contributed by atoms with Crippen LogP contribution in [0.1, 0.15) is 5.82 Å². The van der Waals surface area contributed by atoms with Gasteiger partial charge in [0, 0.05) is 0 Å². The summed E-state index contributed by atoms with van der Waals surface area (Å²) in [7, 11) is 0. The Morgan fingerprint density at radius 3 is 3.09 bits per heavy atom. The van der Waals surface area contributed by atoms with Gasteiger partial charge >= 0.3 is 0 Å². The van der Waals surface area contributed by atoms with E-state index in [2.05, 4.69) is 31.4 Å². The van der Waals surface area contributed by atoms with Crippen molar-refractivity contribution in [1.82, 2.24) is 31.4 Å². The van der Waals surface area contributed by atoms with Crippen LogP contribution in [0.2, 0.25) is 0 Å². The zero-order valence-corrected chi connectivity index (χ0v) is 6.35. The Morgan fingerprint density at radius 2 is 2.55 bits per heavy atom. The molecule has 0 aromatic carbocycles. The van der Waals surface area contributed by atoms with E-state index < -0.39 is 0 Å². The molecule has 1 heterocycles. The third kappa shape index (κ3) is 2.43. The van der Waals surface area contributed by atoms with Crippen LogP contribution < -0.4 is 16.6 Å². The number of hydrazine groups is 1. The van der Waals surface area contributed by atoms with E-state index in [1.165, 1.54) is 0 Å². The first-order chi connectivity index (χ1) is 5.33. The number of H-pyrrole nitrogens is 1. The average Bonchev–Trinajstić information content (AvgIpc) is 2.52. The van der Waals surface area contributed by atoms with Crippen LogP contribution in [-0.2, 0) is 6.54 Å². The summed E-state index contributed by atoms with van der Waals surface area (Å²) in [6, 6.07) is 0. The number of tetrazole rings is 1. The van der Waals surface area contributed by atoms with Crippen LogP contribution in [0.15, 0.2) is 0 Å². The highest BCUT2D eigenvalue weighted by molar-refractivity contribution is 7.80. The molecule has 0 aliphatic carbocycles. The molecule has 0 saturated carbocycles. The van der Waals surface area contributed by atoms with Gasteiger partial charge in [-0.15, -0.1) is 10.2 Å². The van der Waals surface area contributed by atoms with Gasteiger partial charge < -0.3 is 10.7 Å². The maximum absolute atomic E-state index is 4.99. The third-order valence-corrected chi connectivity index (χ3v) is 1.19. The topological polar surface area (TPSA) is 105 Å². The SMILES string of the molecule is NNC(=S)NCc1nn[nH]n1. The molecule has 0 radical (unpaired) electrons. The Hall–Kier alpha value is -1.28. The second kappa shape index (κ2) is 3.78. The van der Waals surface area contributed by atoms with Gasteiger partial charge in [-0.05, 0) is 12.2 Å². The number of aromatic nitrogens is 4. The molecular formula is C3H7N7S. The van der Waals surface area contributed by atoms with Gasteiger partial charge in [0.2, 0.25) is 0 Å². The minimum Gasteiger partial charge on any atom is -0.354 e. The Labute approximate surface area is 67.7 Å². The molecule has 0 amide bonds. The highest BCUT2D eigenvalue weighted by Crippen LogP contribution is 1.79. The number of aromatic amines is 1. The van der Waals surface area contributed by atoms with Crippen LogP contribution in [0.5, 0.6) is 0 Å². The lowest BCUT2D eigenvalue weighted by Crippen LogP contribution is -2.39. The van der Waals surface area contributed by atoms with E-state index in [0.717, 1.165) is 0 Å². The smallest absolute Gasteiger partial charge is 0.193 e. The number of rotatable bonds is 2. The predicted octanol–water partition coefficient (Wildman–Crippen LogP) is -1.96. The zero-order valence-electron chi connectivity index (χ0n) is 5.53. The number of nitrogens with two attached hydrogens (primary N) is 1. The van der Waals surface area contributed by atoms with E-state index in [9.17, 15) is 0 Å². The van der Waals surface area contributed by atoms with Gasteiger partial charge in [-0.25, -0.2) is 5.84 Å². The van der Waals surface area contributed by atoms with Crippen molar-refractivity contribution in [3.05, 3.63) is 5.82 Å². The fraction of sp³-hybridized carbons (Fsp3) is 0.333. The molecule has 0 saturated heterocycles. The molecule has 0 spiro atoms. The molecule has 1 aromatic rings. The van der Waals surface area contributed by atoms with Gasteiger partial charge in [-0.1, -0.05) is 5.21 Å². The lowest BCUT2D eigenvalue weighted by Gasteiger charge is -2.01. The first-order valence-electron chi connectivity index (χ1n) is 2.79. The molecule has 5 N–H and O–H groups in total. The molecule has 60 valence electrons. The van der Waals surface area contributed by atoms with E-state index in [1.54, 1.807) is 0 Å². The number of hydrogen-bond donors (Lipinski definition) is 4. The minimum atomic E-state index is 0.342. The van der Waals surface area contributed by atoms with E-state index >= 15 is 0 Å². The van der Waals surface area contributed by atoms with E-state index in [-0.39, 0.29) is 0 Å². The van der Waals surface area contributed by atoms with E-state index in [0.29, 0.717) is 17.5 Å². The Kier molecular flexibility index (Phi) is 2.69. The average molecular weight is 173 g/mol. The van der Waals surface area contributed by atoms with Crippen molar-refractivity contribution in [2.45, 2.75) is 6.54 Å². The van der Waals surface area contributed by atoms with Gasteiger partial charge in [0.15, 0.2) is 10.9 Å². The quantitative estimate of drug-likeness (QED) is 0.234. The highest BCUT2D eigenvalue weighted by Gasteiger charge is 1.97. The molecule has 0 fully saturated rings. The maximum Gasteiger partial charge on any atom is 0.193 e. The standard InChI is InChI=1S/C3H7N7S/c4-6-3(11)5-1-2-7-9-10-8-2/h1,4H2,(H2,5,6,11)(H,7,8,9,10). The van der Waals surface area contributed by atoms with Crippen molar-refractivity contribution in [2.75, 3.05) is 0 Å². The van der Waals surface area contributed by atoms with Crippen molar-refractivity contribution in [2.24, 2.45) is 5.84 Å². The van der Waals surface area contributed by atoms with Crippen LogP contribution in [0.4, 0.5) is 0 Å². The van der Waals surface area contributed by atoms with Crippen molar-refractivity contribution in [1.29, 1.82) is 0 Å². The van der Waals surface area contributed by atoms with Crippen molar-refractivity contribution in [3.8, 4) is 0 Å². The minimum absolute atomic E-state index is 0.342. The molecular weight excluding hydrogens is 166 g/mol. The summed E-state index contributed by atoms with van der Waals surface area (Å²) in [5.74, 6) is 5.52. The second-order valence-corrected chi connectivity index (χ2v) is 2.06. The van der Waals surface area contributed by atoms with Crippen LogP contribution >= 0.6 is 12.2 Å². The summed E-state index contributed by atoms with van der Waals surface area (Å²) in [6.45, 7) is 0.402. The highest BCUT2D eigenvalue weighted by atomic mass is 32.1. The summed E-state index contributed by atoms with van der Waals surface area (Å²) >= 11 is 4.69. The third-order valence-electron chi connectivity index (χ3n) is 0.927. The molecule has 1 aromatic heterocycles. The summed E-state index contributed by atoms with van der Waals surface area (Å²) in [5.41, 5.74) is 2.26. The molecule has 7 nitrogen and oxygen atoms in total. The molecule has 0 aliphatic heterocycles. The summed E-state index contributed by atoms with van der Waals surface area (Å²) in [6.07, 6.45) is 0. The van der Waals surface area contributed by atoms with Gasteiger partial charge in [-0.2, -0.15) is 5.21 Å².